The molecule has 2 rings (SSSR count). The van der Waals surface area contributed by atoms with Crippen molar-refractivity contribution in [1.29, 1.82) is 0 Å². The Balaban J connectivity index is 2.12. The highest BCUT2D eigenvalue weighted by molar-refractivity contribution is 5.81. The van der Waals surface area contributed by atoms with Crippen molar-refractivity contribution < 1.29 is 14.7 Å². The Hall–Kier alpha value is -1.91. The van der Waals surface area contributed by atoms with Gasteiger partial charge in [0, 0.05) is 12.0 Å². The van der Waals surface area contributed by atoms with Gasteiger partial charge < -0.3 is 20.4 Å². The highest BCUT2D eigenvalue weighted by Crippen LogP contribution is 2.35. The lowest BCUT2D eigenvalue weighted by molar-refractivity contribution is 0.296. The van der Waals surface area contributed by atoms with E-state index in [0.717, 1.165) is 17.7 Å². The summed E-state index contributed by atoms with van der Waals surface area (Å²) in [6, 6.07) is 5.70. The molecule has 3 N–H and O–H groups in total. The molecule has 0 aromatic heterocycles. The Morgan fingerprint density at radius 2 is 2.47 bits per heavy atom. The molecular weight excluding hydrogens is 196 g/mol. The lowest BCUT2D eigenvalue weighted by Crippen LogP contribution is -2.20. The topological polar surface area (TPSA) is 77.1 Å². The van der Waals surface area contributed by atoms with Crippen LogP contribution in [0.5, 0.6) is 11.5 Å². The quantitative estimate of drug-likeness (QED) is 0.332. The van der Waals surface area contributed by atoms with Gasteiger partial charge in [0.2, 0.25) is 0 Å². The molecule has 80 valence electrons. The zero-order chi connectivity index (χ0) is 10.7. The third-order valence-corrected chi connectivity index (χ3v) is 2.18. The molecule has 15 heavy (non-hydrogen) atoms. The van der Waals surface area contributed by atoms with Gasteiger partial charge in [-0.15, -0.1) is 0 Å². The summed E-state index contributed by atoms with van der Waals surface area (Å²) in [6.45, 7) is 0.732. The smallest absolute Gasteiger partial charge is 0.177 e. The van der Waals surface area contributed by atoms with Gasteiger partial charge in [-0.3, -0.25) is 0 Å². The summed E-state index contributed by atoms with van der Waals surface area (Å²) in [4.78, 5) is 0. The summed E-state index contributed by atoms with van der Waals surface area (Å²) in [5.74, 6) is 1.44. The van der Waals surface area contributed by atoms with E-state index in [1.54, 1.807) is 6.07 Å². The fraction of sp³-hybridized carbons (Fsp3) is 0.300. The molecule has 0 unspecified atom stereocenters. The van der Waals surface area contributed by atoms with E-state index in [-0.39, 0.29) is 12.4 Å². The minimum Gasteiger partial charge on any atom is -0.489 e. The molecule has 1 aliphatic rings. The van der Waals surface area contributed by atoms with Gasteiger partial charge in [0.15, 0.2) is 17.3 Å². The number of nitrogens with two attached hydrogens (primary N) is 1. The highest BCUT2D eigenvalue weighted by Gasteiger charge is 2.16. The van der Waals surface area contributed by atoms with Crippen LogP contribution in [0.15, 0.2) is 23.4 Å². The summed E-state index contributed by atoms with van der Waals surface area (Å²) in [6.07, 6.45) is 0.899. The lowest BCUT2D eigenvalue weighted by Gasteiger charge is -2.08. The van der Waals surface area contributed by atoms with Gasteiger partial charge in [0.05, 0.1) is 6.61 Å². The van der Waals surface area contributed by atoms with Gasteiger partial charge in [0.25, 0.3) is 0 Å². The third-order valence-electron chi connectivity index (χ3n) is 2.18. The summed E-state index contributed by atoms with van der Waals surface area (Å²) in [5.41, 5.74) is 6.43. The van der Waals surface area contributed by atoms with Crippen LogP contribution in [0.4, 0.5) is 0 Å². The zero-order valence-corrected chi connectivity index (χ0v) is 8.14. The second-order valence-electron chi connectivity index (χ2n) is 3.22. The van der Waals surface area contributed by atoms with Crippen molar-refractivity contribution in [2.75, 3.05) is 13.2 Å². The number of ether oxygens (including phenoxy) is 2. The molecule has 1 aliphatic heterocycles. The summed E-state index contributed by atoms with van der Waals surface area (Å²) in [5, 5.41) is 11.2. The number of rotatable bonds is 3. The minimum absolute atomic E-state index is 0.0330. The number of benzene rings is 1. The first-order valence-corrected chi connectivity index (χ1v) is 4.65. The number of hydrogen-bond donors (Lipinski definition) is 2. The molecule has 0 spiro atoms. The van der Waals surface area contributed by atoms with E-state index < -0.39 is 0 Å². The second-order valence-corrected chi connectivity index (χ2v) is 3.22. The highest BCUT2D eigenvalue weighted by atomic mass is 16.5. The van der Waals surface area contributed by atoms with Crippen LogP contribution < -0.4 is 15.2 Å². The molecule has 0 saturated carbocycles. The lowest BCUT2D eigenvalue weighted by atomic mass is 10.1. The fourth-order valence-electron chi connectivity index (χ4n) is 1.48. The normalized spacial score (nSPS) is 14.5. The van der Waals surface area contributed by atoms with E-state index in [9.17, 15) is 0 Å². The van der Waals surface area contributed by atoms with Crippen molar-refractivity contribution in [1.82, 2.24) is 0 Å². The molecule has 1 aromatic rings. The van der Waals surface area contributed by atoms with Crippen LogP contribution in [-0.2, 0) is 6.42 Å². The average Bonchev–Trinajstić information content (AvgIpc) is 2.74. The Labute approximate surface area is 87.1 Å². The van der Waals surface area contributed by atoms with Gasteiger partial charge in [0.1, 0.15) is 6.61 Å². The molecule has 1 aromatic carbocycles. The van der Waals surface area contributed by atoms with E-state index >= 15 is 0 Å². The monoisotopic (exact) mass is 208 g/mol. The molecule has 0 radical (unpaired) electrons. The third kappa shape index (κ3) is 1.96. The molecule has 0 aliphatic carbocycles. The Kier molecular flexibility index (Phi) is 2.62. The number of amidine groups is 1. The summed E-state index contributed by atoms with van der Waals surface area (Å²) >= 11 is 0. The number of para-hydroxylation sites is 1. The van der Waals surface area contributed by atoms with Crippen LogP contribution in [0.2, 0.25) is 0 Å². The van der Waals surface area contributed by atoms with E-state index in [1.807, 2.05) is 12.1 Å². The summed E-state index contributed by atoms with van der Waals surface area (Å²) < 4.78 is 10.8. The summed E-state index contributed by atoms with van der Waals surface area (Å²) in [7, 11) is 0. The molecule has 1 heterocycles. The van der Waals surface area contributed by atoms with Crippen molar-refractivity contribution in [3.63, 3.8) is 0 Å². The molecule has 5 nitrogen and oxygen atoms in total. The predicted octanol–water partition coefficient (Wildman–Crippen LogP) is 0.747. The maximum absolute atomic E-state index is 8.36. The van der Waals surface area contributed by atoms with Crippen LogP contribution in [0, 0.1) is 0 Å². The van der Waals surface area contributed by atoms with Crippen LogP contribution in [0.25, 0.3) is 0 Å². The Morgan fingerprint density at radius 3 is 3.27 bits per heavy atom. The fourth-order valence-corrected chi connectivity index (χ4v) is 1.48. The Morgan fingerprint density at radius 1 is 1.60 bits per heavy atom. The number of hydrogen-bond acceptors (Lipinski definition) is 4. The van der Waals surface area contributed by atoms with E-state index in [2.05, 4.69) is 5.16 Å². The predicted molar refractivity (Wildman–Crippen MR) is 54.5 cm³/mol. The van der Waals surface area contributed by atoms with Crippen molar-refractivity contribution in [3.05, 3.63) is 23.8 Å². The van der Waals surface area contributed by atoms with E-state index in [4.69, 9.17) is 20.4 Å². The molecule has 5 heteroatoms. The Bertz CT molecular complexity index is 390. The van der Waals surface area contributed by atoms with Crippen molar-refractivity contribution in [2.45, 2.75) is 6.42 Å². The van der Waals surface area contributed by atoms with Gasteiger partial charge in [-0.05, 0) is 6.07 Å². The molecule has 0 fully saturated rings. The number of oxime groups is 1. The van der Waals surface area contributed by atoms with Crippen LogP contribution in [0.3, 0.4) is 0 Å². The molecular formula is C10H12N2O3. The maximum Gasteiger partial charge on any atom is 0.177 e. The first-order chi connectivity index (χ1) is 7.31. The second kappa shape index (κ2) is 4.08. The van der Waals surface area contributed by atoms with E-state index in [0.29, 0.717) is 12.4 Å². The molecule has 0 amide bonds. The van der Waals surface area contributed by atoms with Crippen molar-refractivity contribution in [3.8, 4) is 11.5 Å². The van der Waals surface area contributed by atoms with Gasteiger partial charge in [-0.25, -0.2) is 0 Å². The van der Waals surface area contributed by atoms with Crippen molar-refractivity contribution in [2.24, 2.45) is 10.9 Å². The van der Waals surface area contributed by atoms with Gasteiger partial charge >= 0.3 is 0 Å². The zero-order valence-electron chi connectivity index (χ0n) is 8.14. The van der Waals surface area contributed by atoms with Crippen LogP contribution in [-0.4, -0.2) is 24.3 Å². The van der Waals surface area contributed by atoms with E-state index in [1.165, 1.54) is 0 Å². The van der Waals surface area contributed by atoms with Crippen LogP contribution in [0.1, 0.15) is 5.56 Å². The minimum atomic E-state index is 0.0330. The molecule has 0 bridgehead atoms. The molecule has 0 saturated heterocycles. The van der Waals surface area contributed by atoms with Gasteiger partial charge in [-0.1, -0.05) is 17.3 Å². The standard InChI is InChI=1S/C10H12N2O3/c11-9(12-13)6-15-8-3-1-2-7-4-5-14-10(7)8/h1-3,13H,4-6H2,(H2,11,12). The largest absolute Gasteiger partial charge is 0.489 e. The van der Waals surface area contributed by atoms with Gasteiger partial charge in [-0.2, -0.15) is 0 Å². The first-order valence-electron chi connectivity index (χ1n) is 4.65. The average molecular weight is 208 g/mol. The van der Waals surface area contributed by atoms with Crippen LogP contribution >= 0.6 is 0 Å². The first kappa shape index (κ1) is 9.64. The number of nitrogens with zero attached hydrogens (tertiary/aromatic N) is 1. The van der Waals surface area contributed by atoms with Crippen molar-refractivity contribution >= 4 is 5.84 Å². The SMILES string of the molecule is NC(COc1cccc2c1OCC2)=NO. The molecule has 0 atom stereocenters. The maximum atomic E-state index is 8.36. The number of fused-ring (bicyclic) bond motifs is 1.